The number of piperazine rings is 1. The molecule has 23 heavy (non-hydrogen) atoms. The summed E-state index contributed by atoms with van der Waals surface area (Å²) in [4.78, 5) is 20.1. The third kappa shape index (κ3) is 3.71. The second-order valence-corrected chi connectivity index (χ2v) is 5.39. The van der Waals surface area contributed by atoms with Crippen LogP contribution in [0.15, 0.2) is 28.8 Å². The summed E-state index contributed by atoms with van der Waals surface area (Å²) in [6.07, 6.45) is 0. The molecule has 0 saturated carbocycles. The number of aromatic hydroxyl groups is 1. The van der Waals surface area contributed by atoms with E-state index >= 15 is 0 Å². The van der Waals surface area contributed by atoms with Crippen molar-refractivity contribution in [1.29, 1.82) is 0 Å². The molecule has 2 aromatic rings. The molecule has 1 aromatic heterocycles. The summed E-state index contributed by atoms with van der Waals surface area (Å²) >= 11 is 0. The van der Waals surface area contributed by atoms with Crippen molar-refractivity contribution in [1.82, 2.24) is 20.4 Å². The number of phenols is 1. The van der Waals surface area contributed by atoms with Crippen molar-refractivity contribution >= 4 is 11.7 Å². The van der Waals surface area contributed by atoms with E-state index in [2.05, 4.69) is 20.4 Å². The monoisotopic (exact) mass is 317 g/mol. The van der Waals surface area contributed by atoms with Crippen LogP contribution in [0, 0.1) is 6.92 Å². The van der Waals surface area contributed by atoms with Crippen molar-refractivity contribution < 1.29 is 14.4 Å². The maximum absolute atomic E-state index is 12.1. The number of anilines is 1. The summed E-state index contributed by atoms with van der Waals surface area (Å²) in [5, 5.41) is 16.0. The van der Waals surface area contributed by atoms with E-state index in [0.29, 0.717) is 24.8 Å². The maximum Gasteiger partial charge on any atom is 0.317 e. The Morgan fingerprint density at radius 3 is 2.78 bits per heavy atom. The van der Waals surface area contributed by atoms with E-state index in [4.69, 9.17) is 4.52 Å². The average molecular weight is 317 g/mol. The Bertz CT molecular complexity index is 679. The fraction of sp³-hybridized carbons (Fsp3) is 0.400. The van der Waals surface area contributed by atoms with E-state index in [9.17, 15) is 9.90 Å². The molecule has 1 aliphatic heterocycles. The summed E-state index contributed by atoms with van der Waals surface area (Å²) in [5.74, 6) is 1.20. The molecule has 8 heteroatoms. The maximum atomic E-state index is 12.1. The van der Waals surface area contributed by atoms with Crippen LogP contribution in [0.5, 0.6) is 5.75 Å². The topological polar surface area (TPSA) is 94.7 Å². The van der Waals surface area contributed by atoms with Gasteiger partial charge in [-0.15, -0.1) is 0 Å². The van der Waals surface area contributed by atoms with Gasteiger partial charge in [-0.25, -0.2) is 4.79 Å². The summed E-state index contributed by atoms with van der Waals surface area (Å²) in [5.41, 5.74) is 0.964. The fourth-order valence-corrected chi connectivity index (χ4v) is 2.53. The fourth-order valence-electron chi connectivity index (χ4n) is 2.53. The average Bonchev–Trinajstić information content (AvgIpc) is 2.98. The van der Waals surface area contributed by atoms with Crippen molar-refractivity contribution in [2.75, 3.05) is 31.1 Å². The van der Waals surface area contributed by atoms with Crippen LogP contribution in [0.2, 0.25) is 0 Å². The molecule has 1 aromatic carbocycles. The molecule has 1 aliphatic rings. The molecule has 8 nitrogen and oxygen atoms in total. The third-order valence-corrected chi connectivity index (χ3v) is 3.72. The zero-order valence-electron chi connectivity index (χ0n) is 12.9. The van der Waals surface area contributed by atoms with Gasteiger partial charge in [0.1, 0.15) is 5.75 Å². The number of rotatable bonds is 3. The zero-order chi connectivity index (χ0) is 16.2. The van der Waals surface area contributed by atoms with Gasteiger partial charge >= 0.3 is 6.03 Å². The first-order chi connectivity index (χ1) is 11.1. The lowest BCUT2D eigenvalue weighted by Crippen LogP contribution is -2.51. The molecule has 3 rings (SSSR count). The SMILES string of the molecule is Cc1noc(CNC(=O)N2CCN(c3cccc(O)c3)CC2)n1. The van der Waals surface area contributed by atoms with Crippen molar-refractivity contribution in [3.8, 4) is 5.75 Å². The van der Waals surface area contributed by atoms with Crippen LogP contribution >= 0.6 is 0 Å². The third-order valence-electron chi connectivity index (χ3n) is 3.72. The molecule has 2 amide bonds. The van der Waals surface area contributed by atoms with Gasteiger partial charge in [0.15, 0.2) is 5.82 Å². The Morgan fingerprint density at radius 2 is 2.13 bits per heavy atom. The predicted octanol–water partition coefficient (Wildman–Crippen LogP) is 1.12. The molecule has 0 spiro atoms. The molecule has 1 saturated heterocycles. The number of carbonyl (C=O) groups excluding carboxylic acids is 1. The summed E-state index contributed by atoms with van der Waals surface area (Å²) in [7, 11) is 0. The molecule has 1 fully saturated rings. The lowest BCUT2D eigenvalue weighted by Gasteiger charge is -2.36. The standard InChI is InChI=1S/C15H19N5O3/c1-11-17-14(23-18-11)10-16-15(22)20-7-5-19(6-8-20)12-3-2-4-13(21)9-12/h2-4,9,21H,5-8,10H2,1H3,(H,16,22). The Labute approximate surface area is 133 Å². The second kappa shape index (κ2) is 6.55. The highest BCUT2D eigenvalue weighted by molar-refractivity contribution is 5.74. The van der Waals surface area contributed by atoms with Gasteiger partial charge in [0.25, 0.3) is 0 Å². The number of amides is 2. The lowest BCUT2D eigenvalue weighted by molar-refractivity contribution is 0.192. The highest BCUT2D eigenvalue weighted by Gasteiger charge is 2.21. The first kappa shape index (κ1) is 15.1. The number of nitrogens with one attached hydrogen (secondary N) is 1. The van der Waals surface area contributed by atoms with Crippen LogP contribution in [-0.4, -0.2) is 52.4 Å². The van der Waals surface area contributed by atoms with Crippen molar-refractivity contribution in [3.63, 3.8) is 0 Å². The number of aryl methyl sites for hydroxylation is 1. The lowest BCUT2D eigenvalue weighted by atomic mass is 10.2. The van der Waals surface area contributed by atoms with E-state index in [-0.39, 0.29) is 18.3 Å². The molecule has 0 bridgehead atoms. The van der Waals surface area contributed by atoms with E-state index < -0.39 is 0 Å². The van der Waals surface area contributed by atoms with Gasteiger partial charge in [0, 0.05) is 37.9 Å². The molecule has 122 valence electrons. The minimum Gasteiger partial charge on any atom is -0.508 e. The second-order valence-electron chi connectivity index (χ2n) is 5.39. The minimum atomic E-state index is -0.142. The van der Waals surface area contributed by atoms with Crippen LogP contribution < -0.4 is 10.2 Å². The molecule has 2 N–H and O–H groups in total. The highest BCUT2D eigenvalue weighted by atomic mass is 16.5. The quantitative estimate of drug-likeness (QED) is 0.881. The number of urea groups is 1. The number of benzene rings is 1. The van der Waals surface area contributed by atoms with Crippen molar-refractivity contribution in [2.24, 2.45) is 0 Å². The molecule has 0 atom stereocenters. The number of phenolic OH excluding ortho intramolecular Hbond substituents is 1. The molecule has 2 heterocycles. The first-order valence-corrected chi connectivity index (χ1v) is 7.48. The van der Waals surface area contributed by atoms with Crippen LogP contribution in [0.25, 0.3) is 0 Å². The Hall–Kier alpha value is -2.77. The van der Waals surface area contributed by atoms with Crippen LogP contribution in [0.4, 0.5) is 10.5 Å². The normalized spacial score (nSPS) is 14.8. The number of aromatic nitrogens is 2. The Kier molecular flexibility index (Phi) is 4.31. The van der Waals surface area contributed by atoms with Gasteiger partial charge in [-0.05, 0) is 19.1 Å². The van der Waals surface area contributed by atoms with Gasteiger partial charge in [-0.2, -0.15) is 4.98 Å². The smallest absolute Gasteiger partial charge is 0.317 e. The van der Waals surface area contributed by atoms with Gasteiger partial charge in [0.2, 0.25) is 5.89 Å². The molecule has 0 aliphatic carbocycles. The van der Waals surface area contributed by atoms with Gasteiger partial charge in [-0.1, -0.05) is 11.2 Å². The van der Waals surface area contributed by atoms with Crippen LogP contribution in [0.1, 0.15) is 11.7 Å². The summed E-state index contributed by atoms with van der Waals surface area (Å²) in [6.45, 7) is 4.63. The highest BCUT2D eigenvalue weighted by Crippen LogP contribution is 2.21. The Morgan fingerprint density at radius 1 is 1.35 bits per heavy atom. The van der Waals surface area contributed by atoms with E-state index in [1.54, 1.807) is 24.0 Å². The van der Waals surface area contributed by atoms with E-state index in [0.717, 1.165) is 18.8 Å². The first-order valence-electron chi connectivity index (χ1n) is 7.48. The van der Waals surface area contributed by atoms with Gasteiger partial charge in [-0.3, -0.25) is 0 Å². The number of carbonyl (C=O) groups is 1. The van der Waals surface area contributed by atoms with E-state index in [1.165, 1.54) is 0 Å². The van der Waals surface area contributed by atoms with E-state index in [1.807, 2.05) is 12.1 Å². The largest absolute Gasteiger partial charge is 0.508 e. The summed E-state index contributed by atoms with van der Waals surface area (Å²) < 4.78 is 4.96. The Balaban J connectivity index is 1.49. The van der Waals surface area contributed by atoms with Gasteiger partial charge < -0.3 is 24.7 Å². The molecular weight excluding hydrogens is 298 g/mol. The number of hydrogen-bond acceptors (Lipinski definition) is 6. The predicted molar refractivity (Wildman–Crippen MR) is 83.2 cm³/mol. The molecular formula is C15H19N5O3. The van der Waals surface area contributed by atoms with Crippen LogP contribution in [0.3, 0.4) is 0 Å². The van der Waals surface area contributed by atoms with Gasteiger partial charge in [0.05, 0.1) is 6.54 Å². The summed E-state index contributed by atoms with van der Waals surface area (Å²) in [6, 6.07) is 7.00. The van der Waals surface area contributed by atoms with Crippen molar-refractivity contribution in [2.45, 2.75) is 13.5 Å². The van der Waals surface area contributed by atoms with Crippen molar-refractivity contribution in [3.05, 3.63) is 36.0 Å². The molecule has 0 radical (unpaired) electrons. The van der Waals surface area contributed by atoms with Crippen LogP contribution in [-0.2, 0) is 6.54 Å². The molecule has 0 unspecified atom stereocenters. The zero-order valence-corrected chi connectivity index (χ0v) is 12.9. The minimum absolute atomic E-state index is 0.142. The number of nitrogens with zero attached hydrogens (tertiary/aromatic N) is 4. The number of hydrogen-bond donors (Lipinski definition) is 2.